The van der Waals surface area contributed by atoms with Gasteiger partial charge in [0.15, 0.2) is 0 Å². The summed E-state index contributed by atoms with van der Waals surface area (Å²) in [5, 5.41) is 28.4. The van der Waals surface area contributed by atoms with Crippen molar-refractivity contribution in [3.8, 4) is 11.8 Å². The van der Waals surface area contributed by atoms with E-state index in [2.05, 4.69) is 21.3 Å². The zero-order valence-corrected chi connectivity index (χ0v) is 14.8. The molecule has 3 rings (SSSR count). The van der Waals surface area contributed by atoms with Crippen molar-refractivity contribution in [1.29, 1.82) is 5.26 Å². The summed E-state index contributed by atoms with van der Waals surface area (Å²) in [4.78, 5) is 2.15. The number of rotatable bonds is 5. The van der Waals surface area contributed by atoms with Gasteiger partial charge in [-0.3, -0.25) is 4.90 Å². The summed E-state index contributed by atoms with van der Waals surface area (Å²) >= 11 is 0. The van der Waals surface area contributed by atoms with E-state index in [1.807, 2.05) is 32.2 Å². The fourth-order valence-electron chi connectivity index (χ4n) is 3.17. The van der Waals surface area contributed by atoms with Gasteiger partial charge in [-0.2, -0.15) is 5.26 Å². The fraction of sp³-hybridized carbons (Fsp3) is 0.500. The second-order valence-electron chi connectivity index (χ2n) is 6.81. The van der Waals surface area contributed by atoms with Crippen LogP contribution in [0.1, 0.15) is 43.1 Å². The van der Waals surface area contributed by atoms with Crippen molar-refractivity contribution in [3.63, 3.8) is 0 Å². The Bertz CT molecular complexity index is 795. The lowest BCUT2D eigenvalue weighted by molar-refractivity contribution is 0.0407. The van der Waals surface area contributed by atoms with Crippen molar-refractivity contribution >= 4 is 0 Å². The second-order valence-corrected chi connectivity index (χ2v) is 6.81. The predicted octanol–water partition coefficient (Wildman–Crippen LogP) is 1.83. The van der Waals surface area contributed by atoms with Crippen molar-refractivity contribution in [2.75, 3.05) is 20.2 Å². The van der Waals surface area contributed by atoms with Crippen molar-refractivity contribution in [2.24, 2.45) is 0 Å². The van der Waals surface area contributed by atoms with Gasteiger partial charge in [0.2, 0.25) is 0 Å². The molecule has 1 saturated heterocycles. The number of aromatic nitrogens is 3. The number of aliphatic hydroxyl groups is 1. The first kappa shape index (κ1) is 17.4. The molecule has 1 aliphatic heterocycles. The molecule has 0 spiro atoms. The van der Waals surface area contributed by atoms with Gasteiger partial charge in [-0.25, -0.2) is 4.68 Å². The molecule has 132 valence electrons. The lowest BCUT2D eigenvalue weighted by Gasteiger charge is -2.22. The summed E-state index contributed by atoms with van der Waals surface area (Å²) in [5.74, 6) is 0.750. The summed E-state index contributed by atoms with van der Waals surface area (Å²) in [6.45, 7) is 5.88. The molecule has 0 radical (unpaired) electrons. The summed E-state index contributed by atoms with van der Waals surface area (Å²) in [7, 11) is 1.62. The number of hydrogen-bond donors (Lipinski definition) is 1. The zero-order chi connectivity index (χ0) is 18.0. The molecule has 7 heteroatoms. The maximum Gasteiger partial charge on any atom is 0.124 e. The molecule has 1 aliphatic rings. The fourth-order valence-corrected chi connectivity index (χ4v) is 3.17. The van der Waals surface area contributed by atoms with E-state index in [0.717, 1.165) is 17.9 Å². The highest BCUT2D eigenvalue weighted by molar-refractivity contribution is 5.42. The Morgan fingerprint density at radius 1 is 1.44 bits per heavy atom. The number of benzene rings is 1. The largest absolute Gasteiger partial charge is 0.496 e. The molecule has 0 saturated carbocycles. The Morgan fingerprint density at radius 2 is 2.24 bits per heavy atom. The van der Waals surface area contributed by atoms with Gasteiger partial charge in [0.1, 0.15) is 17.0 Å². The molecule has 2 aromatic rings. The minimum atomic E-state index is -0.993. The molecule has 1 fully saturated rings. The van der Waals surface area contributed by atoms with Crippen molar-refractivity contribution in [1.82, 2.24) is 19.9 Å². The van der Waals surface area contributed by atoms with E-state index in [1.54, 1.807) is 17.9 Å². The Labute approximate surface area is 147 Å². The van der Waals surface area contributed by atoms with Gasteiger partial charge in [0.25, 0.3) is 0 Å². The highest BCUT2D eigenvalue weighted by Crippen LogP contribution is 2.33. The lowest BCUT2D eigenvalue weighted by Crippen LogP contribution is -2.31. The third kappa shape index (κ3) is 3.50. The zero-order valence-electron chi connectivity index (χ0n) is 14.8. The van der Waals surface area contributed by atoms with E-state index in [9.17, 15) is 5.11 Å². The monoisotopic (exact) mass is 341 g/mol. The van der Waals surface area contributed by atoms with E-state index in [4.69, 9.17) is 10.00 Å². The quantitative estimate of drug-likeness (QED) is 0.893. The van der Waals surface area contributed by atoms with Crippen LogP contribution in [-0.2, 0) is 12.1 Å². The summed E-state index contributed by atoms with van der Waals surface area (Å²) in [6, 6.07) is 7.75. The molecular weight excluding hydrogens is 318 g/mol. The molecule has 1 aromatic carbocycles. The van der Waals surface area contributed by atoms with Gasteiger partial charge in [-0.15, -0.1) is 5.10 Å². The molecule has 1 N–H and O–H groups in total. The normalized spacial score (nSPS) is 20.8. The molecule has 0 aliphatic carbocycles. The Balaban J connectivity index is 1.75. The van der Waals surface area contributed by atoms with Crippen LogP contribution in [0.5, 0.6) is 5.75 Å². The SMILES string of the molecule is COc1ccc(C#N)cc1CN1CCC(O)(c2cn(C(C)C)nn2)C1. The Morgan fingerprint density at radius 3 is 2.88 bits per heavy atom. The summed E-state index contributed by atoms with van der Waals surface area (Å²) in [6.07, 6.45) is 2.43. The number of β-amino-alcohol motifs (C(OH)–C–C–N with tert-alkyl or cyclic N) is 1. The van der Waals surface area contributed by atoms with Crippen LogP contribution >= 0.6 is 0 Å². The van der Waals surface area contributed by atoms with E-state index in [0.29, 0.717) is 30.8 Å². The number of nitrogens with zero attached hydrogens (tertiary/aromatic N) is 5. The smallest absolute Gasteiger partial charge is 0.124 e. The third-order valence-corrected chi connectivity index (χ3v) is 4.65. The average Bonchev–Trinajstić information content (AvgIpc) is 3.23. The Kier molecular flexibility index (Phi) is 4.75. The van der Waals surface area contributed by atoms with Crippen molar-refractivity contribution < 1.29 is 9.84 Å². The molecule has 0 bridgehead atoms. The molecule has 2 heterocycles. The number of nitriles is 1. The van der Waals surface area contributed by atoms with Crippen LogP contribution in [-0.4, -0.2) is 45.2 Å². The van der Waals surface area contributed by atoms with Gasteiger partial charge in [-0.1, -0.05) is 5.21 Å². The molecule has 1 aromatic heterocycles. The van der Waals surface area contributed by atoms with Gasteiger partial charge >= 0.3 is 0 Å². The van der Waals surface area contributed by atoms with Crippen LogP contribution in [0.25, 0.3) is 0 Å². The first-order valence-electron chi connectivity index (χ1n) is 8.39. The van der Waals surface area contributed by atoms with Gasteiger partial charge in [0.05, 0.1) is 24.9 Å². The predicted molar refractivity (Wildman–Crippen MR) is 91.9 cm³/mol. The lowest BCUT2D eigenvalue weighted by atomic mass is 10.00. The first-order valence-corrected chi connectivity index (χ1v) is 8.39. The van der Waals surface area contributed by atoms with Gasteiger partial charge in [-0.05, 0) is 38.5 Å². The number of likely N-dealkylation sites (tertiary alicyclic amines) is 1. The third-order valence-electron chi connectivity index (χ3n) is 4.65. The second kappa shape index (κ2) is 6.82. The number of ether oxygens (including phenoxy) is 1. The summed E-state index contributed by atoms with van der Waals surface area (Å²) < 4.78 is 7.16. The average molecular weight is 341 g/mol. The molecular formula is C18H23N5O2. The van der Waals surface area contributed by atoms with Crippen LogP contribution in [0, 0.1) is 11.3 Å². The van der Waals surface area contributed by atoms with Crippen molar-refractivity contribution in [3.05, 3.63) is 41.2 Å². The van der Waals surface area contributed by atoms with Crippen LogP contribution in [0.15, 0.2) is 24.4 Å². The standard InChI is InChI=1S/C18H23N5O2/c1-13(2)23-11-17(20-21-23)18(24)6-7-22(12-18)10-15-8-14(9-19)4-5-16(15)25-3/h4-5,8,11,13,24H,6-7,10,12H2,1-3H3. The van der Waals surface area contributed by atoms with E-state index in [1.165, 1.54) is 0 Å². The van der Waals surface area contributed by atoms with Gasteiger partial charge < -0.3 is 9.84 Å². The number of hydrogen-bond acceptors (Lipinski definition) is 6. The van der Waals surface area contributed by atoms with E-state index < -0.39 is 5.60 Å². The number of methoxy groups -OCH3 is 1. The summed E-state index contributed by atoms with van der Waals surface area (Å²) in [5.41, 5.74) is 1.16. The topological polar surface area (TPSA) is 87.2 Å². The molecule has 0 amide bonds. The molecule has 1 unspecified atom stereocenters. The minimum absolute atomic E-state index is 0.209. The van der Waals surface area contributed by atoms with Crippen LogP contribution in [0.3, 0.4) is 0 Å². The van der Waals surface area contributed by atoms with E-state index in [-0.39, 0.29) is 6.04 Å². The minimum Gasteiger partial charge on any atom is -0.496 e. The van der Waals surface area contributed by atoms with Crippen LogP contribution < -0.4 is 4.74 Å². The van der Waals surface area contributed by atoms with Crippen LogP contribution in [0.2, 0.25) is 0 Å². The highest BCUT2D eigenvalue weighted by Gasteiger charge is 2.40. The Hall–Kier alpha value is -2.43. The van der Waals surface area contributed by atoms with Crippen molar-refractivity contribution in [2.45, 2.75) is 38.5 Å². The molecule has 7 nitrogen and oxygen atoms in total. The van der Waals surface area contributed by atoms with Gasteiger partial charge in [0, 0.05) is 31.2 Å². The molecule has 1 atom stereocenters. The molecule has 25 heavy (non-hydrogen) atoms. The highest BCUT2D eigenvalue weighted by atomic mass is 16.5. The van der Waals surface area contributed by atoms with Crippen LogP contribution in [0.4, 0.5) is 0 Å². The maximum absolute atomic E-state index is 11.0. The maximum atomic E-state index is 11.0. The first-order chi connectivity index (χ1) is 11.9. The van der Waals surface area contributed by atoms with E-state index >= 15 is 0 Å².